The predicted octanol–water partition coefficient (Wildman–Crippen LogP) is 5.67. The average Bonchev–Trinajstić information content (AvgIpc) is 4.09. The van der Waals surface area contributed by atoms with E-state index in [1.807, 2.05) is 13.1 Å². The Hall–Kier alpha value is -4.57. The van der Waals surface area contributed by atoms with Crippen LogP contribution in [0, 0.1) is 5.41 Å². The van der Waals surface area contributed by atoms with E-state index < -0.39 is 35.6 Å². The number of carbonyl (C=O) groups is 3. The van der Waals surface area contributed by atoms with E-state index in [1.54, 1.807) is 7.11 Å². The fourth-order valence-corrected chi connectivity index (χ4v) is 12.9. The van der Waals surface area contributed by atoms with Crippen molar-refractivity contribution in [2.75, 3.05) is 97.5 Å². The molecule has 18 nitrogen and oxygen atoms in total. The lowest BCUT2D eigenvalue weighted by atomic mass is 9.84. The molecule has 1 aliphatic carbocycles. The number of nitrogens with zero attached hydrogens (tertiary/aromatic N) is 7. The van der Waals surface area contributed by atoms with E-state index in [0.717, 1.165) is 95.4 Å². The number of hydrogen-bond donors (Lipinski definition) is 2. The number of hydrazine groups is 1. The topological polar surface area (TPSA) is 174 Å². The van der Waals surface area contributed by atoms with Crippen LogP contribution < -0.4 is 15.6 Å². The third-order valence-electron chi connectivity index (χ3n) is 16.3. The maximum atomic E-state index is 15.1. The van der Waals surface area contributed by atoms with Gasteiger partial charge < -0.3 is 43.2 Å². The van der Waals surface area contributed by atoms with E-state index in [-0.39, 0.29) is 36.7 Å². The molecule has 4 aromatic rings. The number of methoxy groups -OCH3 is 1. The molecule has 9 heterocycles. The monoisotopic (exact) mass is 1040 g/mol. The summed E-state index contributed by atoms with van der Waals surface area (Å²) in [5.41, 5.74) is 10.5. The first kappa shape index (κ1) is 51.5. The molecule has 0 radical (unpaired) electrons. The number of rotatable bonds is 12. The molecule has 19 heteroatoms. The van der Waals surface area contributed by atoms with Crippen LogP contribution in [0.5, 0.6) is 0 Å². The summed E-state index contributed by atoms with van der Waals surface area (Å²) in [7, 11) is 1.74. The van der Waals surface area contributed by atoms with Crippen molar-refractivity contribution in [1.29, 1.82) is 0 Å². The molecule has 0 spiro atoms. The summed E-state index contributed by atoms with van der Waals surface area (Å²) in [4.78, 5) is 61.4. The van der Waals surface area contributed by atoms with Crippen molar-refractivity contribution >= 4 is 45.7 Å². The number of anilines is 1. The van der Waals surface area contributed by atoms with E-state index in [9.17, 15) is 9.59 Å². The second-order valence-electron chi connectivity index (χ2n) is 22.2. The number of ether oxygens (including phenoxy) is 6. The van der Waals surface area contributed by atoms with Crippen LogP contribution in [-0.2, 0) is 55.8 Å². The number of thiazole rings is 1. The normalized spacial score (nSPS) is 27.1. The van der Waals surface area contributed by atoms with Gasteiger partial charge in [0.2, 0.25) is 5.91 Å². The lowest BCUT2D eigenvalue weighted by Crippen LogP contribution is -2.64. The zero-order valence-electron chi connectivity index (χ0n) is 43.9. The molecule has 11 rings (SSSR count). The Kier molecular flexibility index (Phi) is 15.4. The molecule has 400 valence electrons. The van der Waals surface area contributed by atoms with E-state index >= 15 is 4.79 Å². The van der Waals surface area contributed by atoms with Gasteiger partial charge in [-0.05, 0) is 82.6 Å². The summed E-state index contributed by atoms with van der Waals surface area (Å²) in [5.74, 6) is -1.11. The van der Waals surface area contributed by atoms with Gasteiger partial charge in [0.05, 0.1) is 79.7 Å². The van der Waals surface area contributed by atoms with Gasteiger partial charge in [0.25, 0.3) is 5.91 Å². The number of amides is 2. The van der Waals surface area contributed by atoms with Crippen LogP contribution in [0.1, 0.15) is 101 Å². The fraction of sp³-hybridized carbons (Fsp3) is 0.655. The molecule has 3 aromatic heterocycles. The van der Waals surface area contributed by atoms with E-state index in [0.29, 0.717) is 89.9 Å². The van der Waals surface area contributed by atoms with Crippen LogP contribution in [0.25, 0.3) is 33.4 Å². The first-order valence-electron chi connectivity index (χ1n) is 27.3. The van der Waals surface area contributed by atoms with Crippen molar-refractivity contribution in [1.82, 2.24) is 40.1 Å². The van der Waals surface area contributed by atoms with Gasteiger partial charge in [0, 0.05) is 118 Å². The van der Waals surface area contributed by atoms with Gasteiger partial charge >= 0.3 is 5.97 Å². The molecular weight excluding hydrogens is 963 g/mol. The highest BCUT2D eigenvalue weighted by atomic mass is 32.1. The summed E-state index contributed by atoms with van der Waals surface area (Å²) >= 11 is 1.48. The SMILES string of the molecule is CO[C@@H](C)c1ncc(N2CCN(C3CC3)CC2)cc1-c1c2c3cc(ccc3n1CCOC1CCOCC1)-c1csc(n1)[C@@H](N1CCOCC1)[C@H](NC(=O)[C@@H]1C[C@@H](C)O1)C(=O)N1CCC[C@H](N1)C(=O)OCC(C)(C)C2. The van der Waals surface area contributed by atoms with Crippen molar-refractivity contribution in [3.8, 4) is 22.5 Å². The number of esters is 1. The maximum Gasteiger partial charge on any atom is 0.324 e. The second-order valence-corrected chi connectivity index (χ2v) is 23.1. The Morgan fingerprint density at radius 3 is 2.49 bits per heavy atom. The third-order valence-corrected chi connectivity index (χ3v) is 17.2. The molecule has 6 aliphatic heterocycles. The minimum atomic E-state index is -1.05. The summed E-state index contributed by atoms with van der Waals surface area (Å²) in [6.45, 7) is 17.2. The number of morpholine rings is 1. The lowest BCUT2D eigenvalue weighted by Gasteiger charge is -2.42. The fourth-order valence-electron chi connectivity index (χ4n) is 11.9. The highest BCUT2D eigenvalue weighted by Gasteiger charge is 2.45. The number of pyridine rings is 1. The van der Waals surface area contributed by atoms with E-state index in [4.69, 9.17) is 38.4 Å². The first-order valence-corrected chi connectivity index (χ1v) is 28.1. The Labute approximate surface area is 438 Å². The molecule has 0 unspecified atom stereocenters. The first-order chi connectivity index (χ1) is 35.9. The highest BCUT2D eigenvalue weighted by Crippen LogP contribution is 2.44. The molecule has 1 aromatic carbocycles. The number of carbonyl (C=O) groups excluding carboxylic acids is 3. The molecule has 74 heavy (non-hydrogen) atoms. The minimum absolute atomic E-state index is 0.0457. The summed E-state index contributed by atoms with van der Waals surface area (Å²) in [6, 6.07) is 7.20. The maximum absolute atomic E-state index is 15.1. The number of aromatic nitrogens is 3. The molecule has 6 bridgehead atoms. The van der Waals surface area contributed by atoms with E-state index in [2.05, 4.69) is 80.4 Å². The summed E-state index contributed by atoms with van der Waals surface area (Å²) < 4.78 is 38.9. The Balaban J connectivity index is 1.06. The van der Waals surface area contributed by atoms with Crippen LogP contribution in [-0.4, -0.2) is 176 Å². The number of benzene rings is 1. The van der Waals surface area contributed by atoms with Crippen molar-refractivity contribution < 1.29 is 42.8 Å². The smallest absolute Gasteiger partial charge is 0.324 e. The van der Waals surface area contributed by atoms with Gasteiger partial charge in [-0.1, -0.05) is 19.9 Å². The summed E-state index contributed by atoms with van der Waals surface area (Å²) in [6.07, 6.45) is 7.63. The van der Waals surface area contributed by atoms with Gasteiger partial charge in [-0.2, -0.15) is 0 Å². The van der Waals surface area contributed by atoms with Gasteiger partial charge in [-0.15, -0.1) is 11.3 Å². The van der Waals surface area contributed by atoms with Crippen LogP contribution >= 0.6 is 11.3 Å². The molecule has 1 saturated carbocycles. The number of cyclic esters (lactones) is 1. The van der Waals surface area contributed by atoms with Crippen molar-refractivity contribution in [2.24, 2.45) is 5.41 Å². The molecule has 2 amide bonds. The molecule has 5 saturated heterocycles. The van der Waals surface area contributed by atoms with Gasteiger partial charge in [-0.25, -0.2) is 10.4 Å². The predicted molar refractivity (Wildman–Crippen MR) is 281 cm³/mol. The van der Waals surface area contributed by atoms with Crippen LogP contribution in [0.4, 0.5) is 5.69 Å². The standard InChI is InChI=1S/C55H75N9O9S/c1-34-27-46(73-34)51(65)58-48-50(62-19-24-70-25-20-62)52-57-44(32-74-52)36-8-11-45-40(28-36)42(30-55(3,4)33-72-54(67)43-7-6-14-64(59-43)53(48)66)49(63(45)21-26-71-39-12-22-69-23-13-39)41-29-38(31-56-47(41)35(2)68-5)61-17-15-60(16-18-61)37-9-10-37/h8,11,28-29,31-32,34-35,37,39,43,46,48,50,59H,6-7,9-10,12-27,30,33H2,1-5H3,(H,58,65)/t34-,35+,43+,46+,48+,50+/m1/s1. The van der Waals surface area contributed by atoms with Crippen molar-refractivity contribution in [2.45, 2.75) is 134 Å². The second kappa shape index (κ2) is 22.2. The number of hydrogen-bond acceptors (Lipinski definition) is 16. The van der Waals surface area contributed by atoms with Gasteiger partial charge in [0.15, 0.2) is 0 Å². The molecule has 6 fully saturated rings. The third kappa shape index (κ3) is 11.0. The van der Waals surface area contributed by atoms with Crippen molar-refractivity contribution in [3.63, 3.8) is 0 Å². The van der Waals surface area contributed by atoms with Crippen molar-refractivity contribution in [3.05, 3.63) is 52.1 Å². The summed E-state index contributed by atoms with van der Waals surface area (Å²) in [5, 5.41) is 8.48. The largest absolute Gasteiger partial charge is 0.464 e. The molecule has 6 atom stereocenters. The van der Waals surface area contributed by atoms with Crippen LogP contribution in [0.2, 0.25) is 0 Å². The zero-order valence-corrected chi connectivity index (χ0v) is 44.7. The van der Waals surface area contributed by atoms with Gasteiger partial charge in [-0.3, -0.25) is 34.2 Å². The minimum Gasteiger partial charge on any atom is -0.464 e. The Morgan fingerprint density at radius 1 is 0.973 bits per heavy atom. The Morgan fingerprint density at radius 2 is 1.74 bits per heavy atom. The number of fused-ring (bicyclic) bond motifs is 6. The van der Waals surface area contributed by atoms with Crippen LogP contribution in [0.15, 0.2) is 35.8 Å². The average molecular weight is 1040 g/mol. The quantitative estimate of drug-likeness (QED) is 0.166. The van der Waals surface area contributed by atoms with Crippen LogP contribution in [0.3, 0.4) is 0 Å². The number of piperazine rings is 1. The molecular formula is C55H75N9O9S. The Bertz CT molecular complexity index is 2650. The lowest BCUT2D eigenvalue weighted by molar-refractivity contribution is -0.163. The molecule has 7 aliphatic rings. The molecule has 2 N–H and O–H groups in total. The highest BCUT2D eigenvalue weighted by molar-refractivity contribution is 7.10. The van der Waals surface area contributed by atoms with Gasteiger partial charge in [0.1, 0.15) is 23.2 Å². The zero-order chi connectivity index (χ0) is 51.1. The van der Waals surface area contributed by atoms with E-state index in [1.165, 1.54) is 29.2 Å². The number of nitrogens with one attached hydrogen (secondary N) is 2.